The molecule has 8 nitrogen and oxygen atoms in total. The van der Waals surface area contributed by atoms with E-state index in [4.69, 9.17) is 16.3 Å². The van der Waals surface area contributed by atoms with Crippen LogP contribution in [-0.4, -0.2) is 43.0 Å². The van der Waals surface area contributed by atoms with Crippen LogP contribution in [0, 0.1) is 11.8 Å². The number of carbonyl (C=O) groups is 4. The number of nitrogens with one attached hydrogen (secondary N) is 3. The number of imide groups is 1. The van der Waals surface area contributed by atoms with Crippen LogP contribution >= 0.6 is 11.6 Å². The smallest absolute Gasteiger partial charge is 0.329 e. The minimum Gasteiger partial charge on any atom is -0.454 e. The van der Waals surface area contributed by atoms with Crippen LogP contribution in [0.2, 0.25) is 5.02 Å². The molecule has 3 N–H and O–H groups in total. The quantitative estimate of drug-likeness (QED) is 0.526. The van der Waals surface area contributed by atoms with Crippen molar-refractivity contribution >= 4 is 35.4 Å². The molecule has 0 fully saturated rings. The summed E-state index contributed by atoms with van der Waals surface area (Å²) in [6, 6.07) is 4.63. The van der Waals surface area contributed by atoms with Gasteiger partial charge in [-0.1, -0.05) is 39.3 Å². The molecule has 4 amide bonds. The van der Waals surface area contributed by atoms with Crippen LogP contribution in [0.25, 0.3) is 0 Å². The van der Waals surface area contributed by atoms with Gasteiger partial charge < -0.3 is 15.4 Å². The zero-order valence-corrected chi connectivity index (χ0v) is 17.8. The van der Waals surface area contributed by atoms with E-state index in [1.807, 2.05) is 27.7 Å². The third-order valence-corrected chi connectivity index (χ3v) is 3.92. The Balaban J connectivity index is 2.60. The van der Waals surface area contributed by atoms with Gasteiger partial charge in [0.2, 0.25) is 0 Å². The molecule has 0 aromatic heterocycles. The van der Waals surface area contributed by atoms with Crippen molar-refractivity contribution in [1.82, 2.24) is 16.0 Å². The van der Waals surface area contributed by atoms with Crippen LogP contribution in [0.3, 0.4) is 0 Å². The third kappa shape index (κ3) is 9.94. The molecule has 9 heteroatoms. The first-order chi connectivity index (χ1) is 13.6. The standard InChI is InChI=1S/C20H28ClN3O5/c1-12(2)9-16(23-18(26)14-5-7-15(21)8-6-14)19(27)29-11-17(25)24-20(28)22-10-13(3)4/h5-8,12-13,16H,9-11H2,1-4H3,(H,23,26)(H2,22,24,25,28)/t16-/m1/s1. The molecular formula is C20H28ClN3O5. The van der Waals surface area contributed by atoms with Crippen molar-refractivity contribution in [2.75, 3.05) is 13.2 Å². The first kappa shape index (κ1) is 24.4. The molecule has 0 radical (unpaired) electrons. The maximum atomic E-state index is 12.4. The fraction of sp³-hybridized carbons (Fsp3) is 0.500. The van der Waals surface area contributed by atoms with Gasteiger partial charge in [0.05, 0.1) is 0 Å². The summed E-state index contributed by atoms with van der Waals surface area (Å²) in [5.41, 5.74) is 0.343. The van der Waals surface area contributed by atoms with Gasteiger partial charge in [-0.3, -0.25) is 14.9 Å². The van der Waals surface area contributed by atoms with Crippen molar-refractivity contribution < 1.29 is 23.9 Å². The Kier molecular flexibility index (Phi) is 10.2. The number of benzene rings is 1. The summed E-state index contributed by atoms with van der Waals surface area (Å²) in [4.78, 5) is 48.1. The van der Waals surface area contributed by atoms with Crippen LogP contribution in [-0.2, 0) is 14.3 Å². The number of rotatable bonds is 9. The predicted molar refractivity (Wildman–Crippen MR) is 109 cm³/mol. The van der Waals surface area contributed by atoms with Crippen LogP contribution in [0.4, 0.5) is 4.79 Å². The molecule has 0 saturated heterocycles. The monoisotopic (exact) mass is 425 g/mol. The van der Waals surface area contributed by atoms with E-state index < -0.39 is 36.5 Å². The number of carbonyl (C=O) groups excluding carboxylic acids is 4. The first-order valence-electron chi connectivity index (χ1n) is 9.39. The van der Waals surface area contributed by atoms with Gasteiger partial charge >= 0.3 is 12.0 Å². The molecule has 160 valence electrons. The summed E-state index contributed by atoms with van der Waals surface area (Å²) < 4.78 is 4.98. The van der Waals surface area contributed by atoms with Crippen molar-refractivity contribution in [2.45, 2.75) is 40.2 Å². The normalized spacial score (nSPS) is 11.7. The minimum absolute atomic E-state index is 0.0914. The third-order valence-electron chi connectivity index (χ3n) is 3.67. The second-order valence-corrected chi connectivity index (χ2v) is 7.86. The molecule has 1 rings (SSSR count). The number of hydrogen-bond acceptors (Lipinski definition) is 5. The average molecular weight is 426 g/mol. The van der Waals surface area contributed by atoms with Gasteiger partial charge in [0.25, 0.3) is 11.8 Å². The lowest BCUT2D eigenvalue weighted by Gasteiger charge is -2.19. The van der Waals surface area contributed by atoms with E-state index in [1.54, 1.807) is 24.3 Å². The number of amides is 4. The number of hydrogen-bond donors (Lipinski definition) is 3. The van der Waals surface area contributed by atoms with E-state index in [1.165, 1.54) is 0 Å². The van der Waals surface area contributed by atoms with Gasteiger partial charge in [-0.2, -0.15) is 0 Å². The molecule has 0 aliphatic heterocycles. The van der Waals surface area contributed by atoms with Crippen LogP contribution in [0.5, 0.6) is 0 Å². The summed E-state index contributed by atoms with van der Waals surface area (Å²) in [5, 5.41) is 7.70. The summed E-state index contributed by atoms with van der Waals surface area (Å²) >= 11 is 5.81. The molecular weight excluding hydrogens is 398 g/mol. The van der Waals surface area contributed by atoms with Crippen LogP contribution < -0.4 is 16.0 Å². The maximum absolute atomic E-state index is 12.4. The fourth-order valence-corrected chi connectivity index (χ4v) is 2.40. The number of halogens is 1. The second-order valence-electron chi connectivity index (χ2n) is 7.42. The van der Waals surface area contributed by atoms with E-state index in [2.05, 4.69) is 16.0 Å². The second kappa shape index (κ2) is 12.1. The van der Waals surface area contributed by atoms with E-state index >= 15 is 0 Å². The first-order valence-corrected chi connectivity index (χ1v) is 9.77. The molecule has 1 atom stereocenters. The molecule has 29 heavy (non-hydrogen) atoms. The van der Waals surface area contributed by atoms with Gasteiger partial charge in [-0.25, -0.2) is 9.59 Å². The topological polar surface area (TPSA) is 114 Å². The largest absolute Gasteiger partial charge is 0.454 e. The SMILES string of the molecule is CC(C)CNC(=O)NC(=O)COC(=O)[C@@H](CC(C)C)NC(=O)c1ccc(Cl)cc1. The highest BCUT2D eigenvalue weighted by molar-refractivity contribution is 6.30. The van der Waals surface area contributed by atoms with Gasteiger partial charge in [0.15, 0.2) is 6.61 Å². The predicted octanol–water partition coefficient (Wildman–Crippen LogP) is 2.51. The van der Waals surface area contributed by atoms with Gasteiger partial charge in [-0.05, 0) is 42.5 Å². The zero-order valence-electron chi connectivity index (χ0n) is 17.1. The van der Waals surface area contributed by atoms with E-state index in [0.29, 0.717) is 23.6 Å². The van der Waals surface area contributed by atoms with E-state index in [0.717, 1.165) is 0 Å². The lowest BCUT2D eigenvalue weighted by molar-refractivity contribution is -0.150. The molecule has 0 unspecified atom stereocenters. The van der Waals surface area contributed by atoms with Crippen LogP contribution in [0.1, 0.15) is 44.5 Å². The number of urea groups is 1. The molecule has 0 spiro atoms. The Morgan fingerprint density at radius 2 is 1.62 bits per heavy atom. The Bertz CT molecular complexity index is 719. The Morgan fingerprint density at radius 1 is 1.00 bits per heavy atom. The lowest BCUT2D eigenvalue weighted by atomic mass is 10.0. The number of esters is 1. The Morgan fingerprint density at radius 3 is 2.17 bits per heavy atom. The summed E-state index contributed by atoms with van der Waals surface area (Å²) in [6.07, 6.45) is 0.328. The minimum atomic E-state index is -0.930. The molecule has 0 saturated carbocycles. The highest BCUT2D eigenvalue weighted by atomic mass is 35.5. The van der Waals surface area contributed by atoms with Crippen molar-refractivity contribution in [3.63, 3.8) is 0 Å². The Labute approximate surface area is 175 Å². The van der Waals surface area contributed by atoms with E-state index in [9.17, 15) is 19.2 Å². The van der Waals surface area contributed by atoms with Gasteiger partial charge in [0, 0.05) is 17.1 Å². The molecule has 0 aliphatic carbocycles. The van der Waals surface area contributed by atoms with Crippen molar-refractivity contribution in [2.24, 2.45) is 11.8 Å². The zero-order chi connectivity index (χ0) is 22.0. The molecule has 0 heterocycles. The molecule has 0 aliphatic rings. The van der Waals surface area contributed by atoms with Crippen LogP contribution in [0.15, 0.2) is 24.3 Å². The highest BCUT2D eigenvalue weighted by Gasteiger charge is 2.25. The van der Waals surface area contributed by atoms with Crippen molar-refractivity contribution in [3.05, 3.63) is 34.9 Å². The fourth-order valence-electron chi connectivity index (χ4n) is 2.27. The lowest BCUT2D eigenvalue weighted by Crippen LogP contribution is -2.45. The highest BCUT2D eigenvalue weighted by Crippen LogP contribution is 2.11. The average Bonchev–Trinajstić information content (AvgIpc) is 2.64. The van der Waals surface area contributed by atoms with E-state index in [-0.39, 0.29) is 11.8 Å². The maximum Gasteiger partial charge on any atom is 0.329 e. The van der Waals surface area contributed by atoms with Gasteiger partial charge in [-0.15, -0.1) is 0 Å². The number of ether oxygens (including phenoxy) is 1. The summed E-state index contributed by atoms with van der Waals surface area (Å²) in [7, 11) is 0. The molecule has 1 aromatic rings. The molecule has 0 bridgehead atoms. The molecule has 1 aromatic carbocycles. The summed E-state index contributed by atoms with van der Waals surface area (Å²) in [6.45, 7) is 7.39. The van der Waals surface area contributed by atoms with Crippen molar-refractivity contribution in [1.29, 1.82) is 0 Å². The van der Waals surface area contributed by atoms with Gasteiger partial charge in [0.1, 0.15) is 6.04 Å². The Hall–Kier alpha value is -2.61. The van der Waals surface area contributed by atoms with Crippen molar-refractivity contribution in [3.8, 4) is 0 Å². The summed E-state index contributed by atoms with van der Waals surface area (Å²) in [5.74, 6) is -1.64.